The van der Waals surface area contributed by atoms with Gasteiger partial charge in [0.1, 0.15) is 12.7 Å². The van der Waals surface area contributed by atoms with E-state index in [0.29, 0.717) is 79.1 Å². The molecule has 8 nitrogen and oxygen atoms in total. The van der Waals surface area contributed by atoms with Crippen LogP contribution in [0.25, 0.3) is 0 Å². The Balaban J connectivity index is 2.18. The lowest BCUT2D eigenvalue weighted by Gasteiger charge is -2.18. The molecule has 1 unspecified atom stereocenters. The van der Waals surface area contributed by atoms with Crippen LogP contribution in [0.3, 0.4) is 0 Å². The van der Waals surface area contributed by atoms with E-state index < -0.39 is 0 Å². The molecule has 0 aromatic heterocycles. The Bertz CT molecular complexity index is 414. The summed E-state index contributed by atoms with van der Waals surface area (Å²) in [5.41, 5.74) is 0. The molecule has 188 valence electrons. The minimum Gasteiger partial charge on any atom is -0.463 e. The molecule has 1 rings (SSSR count). The van der Waals surface area contributed by atoms with Crippen LogP contribution in [0.1, 0.15) is 51.4 Å². The number of carbonyl (C=O) groups is 1. The quantitative estimate of drug-likeness (QED) is 0.264. The van der Waals surface area contributed by atoms with E-state index in [-0.39, 0.29) is 18.7 Å². The van der Waals surface area contributed by atoms with Crippen molar-refractivity contribution < 1.29 is 38.0 Å². The molecule has 32 heavy (non-hydrogen) atoms. The molecule has 1 atom stereocenters. The zero-order chi connectivity index (χ0) is 23.0. The Hall–Kier alpha value is -1.03. The fourth-order valence-corrected chi connectivity index (χ4v) is 3.04. The number of esters is 1. The molecule has 0 aromatic carbocycles. The largest absolute Gasteiger partial charge is 0.463 e. The van der Waals surface area contributed by atoms with Crippen molar-refractivity contribution in [3.05, 3.63) is 12.7 Å². The summed E-state index contributed by atoms with van der Waals surface area (Å²) in [5.74, 6) is -0.184. The van der Waals surface area contributed by atoms with Gasteiger partial charge in [0.25, 0.3) is 0 Å². The van der Waals surface area contributed by atoms with E-state index in [1.807, 2.05) is 6.08 Å². The predicted octanol–water partition coefficient (Wildman–Crippen LogP) is 3.32. The number of carbonyl (C=O) groups excluding carboxylic acids is 1. The highest BCUT2D eigenvalue weighted by molar-refractivity contribution is 5.69. The maximum Gasteiger partial charge on any atom is 0.305 e. The molecule has 1 aliphatic heterocycles. The SMILES string of the molecule is C=CCCCCCCCCC(=O)OCC1COCCOCCOCCOCCOCCO1. The van der Waals surface area contributed by atoms with E-state index in [0.717, 1.165) is 25.7 Å². The fourth-order valence-electron chi connectivity index (χ4n) is 3.04. The van der Waals surface area contributed by atoms with Crippen molar-refractivity contribution in [2.75, 3.05) is 79.3 Å². The van der Waals surface area contributed by atoms with E-state index in [2.05, 4.69) is 6.58 Å². The fraction of sp³-hybridized carbons (Fsp3) is 0.875. The van der Waals surface area contributed by atoms with Crippen molar-refractivity contribution in [1.82, 2.24) is 0 Å². The van der Waals surface area contributed by atoms with Gasteiger partial charge in [-0.3, -0.25) is 4.79 Å². The molecule has 1 heterocycles. The van der Waals surface area contributed by atoms with Crippen LogP contribution < -0.4 is 0 Å². The van der Waals surface area contributed by atoms with Gasteiger partial charge >= 0.3 is 5.97 Å². The highest BCUT2D eigenvalue weighted by atomic mass is 16.6. The molecule has 0 bridgehead atoms. The monoisotopic (exact) mass is 460 g/mol. The Morgan fingerprint density at radius 1 is 0.719 bits per heavy atom. The number of unbranched alkanes of at least 4 members (excludes halogenated alkanes) is 6. The third-order valence-corrected chi connectivity index (χ3v) is 4.84. The van der Waals surface area contributed by atoms with Gasteiger partial charge in [-0.25, -0.2) is 0 Å². The van der Waals surface area contributed by atoms with Crippen molar-refractivity contribution in [3.8, 4) is 0 Å². The predicted molar refractivity (Wildman–Crippen MR) is 122 cm³/mol. The zero-order valence-electron chi connectivity index (χ0n) is 19.8. The summed E-state index contributed by atoms with van der Waals surface area (Å²) >= 11 is 0. The molecular formula is C24H44O8. The van der Waals surface area contributed by atoms with Crippen molar-refractivity contribution >= 4 is 5.97 Å². The highest BCUT2D eigenvalue weighted by Gasteiger charge is 2.13. The number of ether oxygens (including phenoxy) is 7. The molecule has 8 heteroatoms. The van der Waals surface area contributed by atoms with Crippen molar-refractivity contribution in [2.45, 2.75) is 57.5 Å². The molecule has 0 spiro atoms. The van der Waals surface area contributed by atoms with Gasteiger partial charge in [0, 0.05) is 6.42 Å². The van der Waals surface area contributed by atoms with Crippen molar-refractivity contribution in [2.24, 2.45) is 0 Å². The first-order valence-electron chi connectivity index (χ1n) is 12.1. The molecule has 1 saturated heterocycles. The summed E-state index contributed by atoms with van der Waals surface area (Å²) in [7, 11) is 0. The van der Waals surface area contributed by atoms with E-state index in [1.54, 1.807) is 0 Å². The lowest BCUT2D eigenvalue weighted by molar-refractivity contribution is -0.151. The van der Waals surface area contributed by atoms with E-state index in [9.17, 15) is 4.79 Å². The van der Waals surface area contributed by atoms with Crippen LogP contribution >= 0.6 is 0 Å². The second-order valence-corrected chi connectivity index (χ2v) is 7.65. The minimum absolute atomic E-state index is 0.179. The molecular weight excluding hydrogens is 416 g/mol. The Morgan fingerprint density at radius 3 is 1.81 bits per heavy atom. The van der Waals surface area contributed by atoms with Crippen LogP contribution in [0, 0.1) is 0 Å². The number of rotatable bonds is 11. The van der Waals surface area contributed by atoms with Gasteiger partial charge in [-0.1, -0.05) is 31.8 Å². The van der Waals surface area contributed by atoms with Gasteiger partial charge in [0.15, 0.2) is 0 Å². The summed E-state index contributed by atoms with van der Waals surface area (Å²) in [6.07, 6.45) is 9.87. The molecule has 0 amide bonds. The third kappa shape index (κ3) is 19.6. The molecule has 0 N–H and O–H groups in total. The normalized spacial score (nSPS) is 20.7. The number of hydrogen-bond donors (Lipinski definition) is 0. The highest BCUT2D eigenvalue weighted by Crippen LogP contribution is 2.09. The molecule has 0 radical (unpaired) electrons. The van der Waals surface area contributed by atoms with Crippen molar-refractivity contribution in [3.63, 3.8) is 0 Å². The topological polar surface area (TPSA) is 81.7 Å². The molecule has 1 fully saturated rings. The summed E-state index contributed by atoms with van der Waals surface area (Å²) in [6.45, 7) is 9.14. The van der Waals surface area contributed by atoms with Crippen LogP contribution in [0.15, 0.2) is 12.7 Å². The average Bonchev–Trinajstić information content (AvgIpc) is 2.80. The average molecular weight is 461 g/mol. The lowest BCUT2D eigenvalue weighted by Crippen LogP contribution is -2.29. The Labute approximate surface area is 193 Å². The molecule has 1 aliphatic rings. The minimum atomic E-state index is -0.328. The maximum atomic E-state index is 12.1. The smallest absolute Gasteiger partial charge is 0.305 e. The maximum absolute atomic E-state index is 12.1. The Morgan fingerprint density at radius 2 is 1.22 bits per heavy atom. The standard InChI is InChI=1S/C24H44O8/c1-2-3-4-5-6-7-8-9-10-24(25)32-22-23-21-30-18-17-28-14-13-26-11-12-27-15-16-29-19-20-31-23/h2,23H,1,3-22H2. The Kier molecular flexibility index (Phi) is 21.0. The van der Waals surface area contributed by atoms with Gasteiger partial charge in [0.05, 0.1) is 72.7 Å². The molecule has 0 aliphatic carbocycles. The third-order valence-electron chi connectivity index (χ3n) is 4.84. The number of allylic oxidation sites excluding steroid dienone is 1. The summed E-state index contributed by atoms with van der Waals surface area (Å²) in [5, 5.41) is 0. The first kappa shape index (κ1) is 29.0. The van der Waals surface area contributed by atoms with Crippen LogP contribution in [-0.2, 0) is 38.0 Å². The van der Waals surface area contributed by atoms with Crippen LogP contribution in [-0.4, -0.2) is 91.4 Å². The zero-order valence-corrected chi connectivity index (χ0v) is 19.8. The first-order chi connectivity index (χ1) is 15.8. The summed E-state index contributed by atoms with van der Waals surface area (Å²) in [4.78, 5) is 12.1. The van der Waals surface area contributed by atoms with E-state index >= 15 is 0 Å². The number of hydrogen-bond acceptors (Lipinski definition) is 8. The van der Waals surface area contributed by atoms with Crippen LogP contribution in [0.4, 0.5) is 0 Å². The lowest BCUT2D eigenvalue weighted by atomic mass is 10.1. The van der Waals surface area contributed by atoms with Gasteiger partial charge in [0.2, 0.25) is 0 Å². The van der Waals surface area contributed by atoms with E-state index in [4.69, 9.17) is 33.2 Å². The summed E-state index contributed by atoms with van der Waals surface area (Å²) in [6, 6.07) is 0. The van der Waals surface area contributed by atoms with Gasteiger partial charge in [-0.05, 0) is 19.3 Å². The van der Waals surface area contributed by atoms with Gasteiger partial charge in [-0.15, -0.1) is 6.58 Å². The van der Waals surface area contributed by atoms with Gasteiger partial charge in [-0.2, -0.15) is 0 Å². The molecule has 0 aromatic rings. The molecule has 0 saturated carbocycles. The second-order valence-electron chi connectivity index (χ2n) is 7.65. The van der Waals surface area contributed by atoms with Crippen LogP contribution in [0.2, 0.25) is 0 Å². The van der Waals surface area contributed by atoms with Gasteiger partial charge < -0.3 is 33.2 Å². The second kappa shape index (κ2) is 23.1. The van der Waals surface area contributed by atoms with Crippen LogP contribution in [0.5, 0.6) is 0 Å². The summed E-state index contributed by atoms with van der Waals surface area (Å²) < 4.78 is 38.6. The van der Waals surface area contributed by atoms with E-state index in [1.165, 1.54) is 19.3 Å². The van der Waals surface area contributed by atoms with Crippen molar-refractivity contribution in [1.29, 1.82) is 0 Å². The first-order valence-corrected chi connectivity index (χ1v) is 12.1.